The van der Waals surface area contributed by atoms with Crippen LogP contribution in [0, 0.1) is 0 Å². The highest BCUT2D eigenvalue weighted by atomic mass is 79.9. The average molecular weight is 252 g/mol. The first kappa shape index (κ1) is 9.84. The molecule has 0 unspecified atom stereocenters. The minimum absolute atomic E-state index is 0.0566. The molecule has 0 radical (unpaired) electrons. The molecule has 0 saturated carbocycles. The lowest BCUT2D eigenvalue weighted by atomic mass is 10.2. The summed E-state index contributed by atoms with van der Waals surface area (Å²) in [5.41, 5.74) is 0.716. The number of hydrogen-bond donors (Lipinski definition) is 1. The fourth-order valence-electron chi connectivity index (χ4n) is 0.883. The first-order chi connectivity index (χ1) is 5.69. The van der Waals surface area contributed by atoms with Crippen molar-refractivity contribution >= 4 is 27.5 Å². The van der Waals surface area contributed by atoms with Crippen molar-refractivity contribution in [2.45, 2.75) is 6.61 Å². The smallest absolute Gasteiger partial charge is 0.125 e. The number of halogens is 2. The van der Waals surface area contributed by atoms with E-state index < -0.39 is 0 Å². The van der Waals surface area contributed by atoms with Crippen LogP contribution in [0.3, 0.4) is 0 Å². The highest BCUT2D eigenvalue weighted by Crippen LogP contribution is 2.30. The molecule has 0 amide bonds. The minimum atomic E-state index is -0.0566. The van der Waals surface area contributed by atoms with Gasteiger partial charge in [0.25, 0.3) is 0 Å². The normalized spacial score (nSPS) is 10.0. The highest BCUT2D eigenvalue weighted by molar-refractivity contribution is 9.10. The largest absolute Gasteiger partial charge is 0.496 e. The number of methoxy groups -OCH3 is 1. The van der Waals surface area contributed by atoms with E-state index in [2.05, 4.69) is 15.9 Å². The number of rotatable bonds is 2. The second-order valence-corrected chi connectivity index (χ2v) is 3.50. The van der Waals surface area contributed by atoms with Gasteiger partial charge in [-0.25, -0.2) is 0 Å². The van der Waals surface area contributed by atoms with Gasteiger partial charge in [-0.05, 0) is 22.0 Å². The molecule has 1 rings (SSSR count). The Morgan fingerprint density at radius 3 is 2.75 bits per heavy atom. The summed E-state index contributed by atoms with van der Waals surface area (Å²) in [7, 11) is 1.54. The Kier molecular flexibility index (Phi) is 3.38. The van der Waals surface area contributed by atoms with E-state index >= 15 is 0 Å². The Labute approximate surface area is 84.2 Å². The molecule has 12 heavy (non-hydrogen) atoms. The summed E-state index contributed by atoms with van der Waals surface area (Å²) < 4.78 is 5.77. The van der Waals surface area contributed by atoms with Gasteiger partial charge in [0.15, 0.2) is 0 Å². The van der Waals surface area contributed by atoms with Crippen molar-refractivity contribution in [3.8, 4) is 5.75 Å². The summed E-state index contributed by atoms with van der Waals surface area (Å²) in [4.78, 5) is 0. The van der Waals surface area contributed by atoms with E-state index in [-0.39, 0.29) is 6.61 Å². The van der Waals surface area contributed by atoms with E-state index in [1.54, 1.807) is 19.2 Å². The standard InChI is InChI=1S/C8H8BrClO2/c1-12-8-3-7(10)6(9)2-5(8)4-11/h2-3,11H,4H2,1H3. The van der Waals surface area contributed by atoms with Crippen LogP contribution < -0.4 is 4.74 Å². The molecule has 1 aromatic rings. The maximum atomic E-state index is 8.92. The fourth-order valence-corrected chi connectivity index (χ4v) is 1.43. The molecular weight excluding hydrogens is 243 g/mol. The van der Waals surface area contributed by atoms with Gasteiger partial charge >= 0.3 is 0 Å². The zero-order valence-corrected chi connectivity index (χ0v) is 8.82. The Morgan fingerprint density at radius 1 is 1.58 bits per heavy atom. The van der Waals surface area contributed by atoms with Gasteiger partial charge < -0.3 is 9.84 Å². The van der Waals surface area contributed by atoms with Crippen molar-refractivity contribution in [2.24, 2.45) is 0 Å². The summed E-state index contributed by atoms with van der Waals surface area (Å²) in [6, 6.07) is 3.40. The van der Waals surface area contributed by atoms with Gasteiger partial charge in [0.2, 0.25) is 0 Å². The highest BCUT2D eigenvalue weighted by Gasteiger charge is 2.05. The number of aliphatic hydroxyl groups excluding tert-OH is 1. The number of ether oxygens (including phenoxy) is 1. The summed E-state index contributed by atoms with van der Waals surface area (Å²) in [5, 5.41) is 9.49. The van der Waals surface area contributed by atoms with Crippen LogP contribution in [-0.4, -0.2) is 12.2 Å². The first-order valence-electron chi connectivity index (χ1n) is 3.31. The monoisotopic (exact) mass is 250 g/mol. The Hall–Kier alpha value is -0.250. The first-order valence-corrected chi connectivity index (χ1v) is 4.49. The lowest BCUT2D eigenvalue weighted by Crippen LogP contribution is -1.91. The molecule has 0 fully saturated rings. The van der Waals surface area contributed by atoms with Crippen LogP contribution >= 0.6 is 27.5 Å². The molecule has 0 aromatic heterocycles. The summed E-state index contributed by atoms with van der Waals surface area (Å²) in [6.45, 7) is -0.0566. The summed E-state index contributed by atoms with van der Waals surface area (Å²) >= 11 is 9.06. The molecule has 0 aliphatic rings. The third-order valence-electron chi connectivity index (χ3n) is 1.49. The van der Waals surface area contributed by atoms with Crippen molar-refractivity contribution < 1.29 is 9.84 Å². The van der Waals surface area contributed by atoms with Crippen LogP contribution in [0.25, 0.3) is 0 Å². The van der Waals surface area contributed by atoms with Gasteiger partial charge in [-0.15, -0.1) is 0 Å². The molecule has 0 aliphatic heterocycles. The Balaban J connectivity index is 3.19. The van der Waals surface area contributed by atoms with Crippen molar-refractivity contribution in [3.05, 3.63) is 27.2 Å². The number of aliphatic hydroxyl groups is 1. The van der Waals surface area contributed by atoms with E-state index in [1.807, 2.05) is 0 Å². The SMILES string of the molecule is COc1cc(Cl)c(Br)cc1CO. The van der Waals surface area contributed by atoms with Crippen LogP contribution in [0.15, 0.2) is 16.6 Å². The molecule has 2 nitrogen and oxygen atoms in total. The number of hydrogen-bond acceptors (Lipinski definition) is 2. The molecule has 1 N–H and O–H groups in total. The molecule has 0 atom stereocenters. The van der Waals surface area contributed by atoms with E-state index in [9.17, 15) is 0 Å². The third-order valence-corrected chi connectivity index (χ3v) is 2.69. The molecule has 0 aliphatic carbocycles. The molecule has 0 bridgehead atoms. The van der Waals surface area contributed by atoms with Gasteiger partial charge in [-0.1, -0.05) is 11.6 Å². The zero-order valence-electron chi connectivity index (χ0n) is 6.47. The van der Waals surface area contributed by atoms with Crippen molar-refractivity contribution in [1.82, 2.24) is 0 Å². The van der Waals surface area contributed by atoms with Crippen LogP contribution in [0.1, 0.15) is 5.56 Å². The van der Waals surface area contributed by atoms with E-state index in [0.29, 0.717) is 16.3 Å². The number of benzene rings is 1. The minimum Gasteiger partial charge on any atom is -0.496 e. The van der Waals surface area contributed by atoms with Crippen LogP contribution in [0.4, 0.5) is 0 Å². The second kappa shape index (κ2) is 4.12. The second-order valence-electron chi connectivity index (χ2n) is 2.24. The lowest BCUT2D eigenvalue weighted by molar-refractivity contribution is 0.273. The molecular formula is C8H8BrClO2. The topological polar surface area (TPSA) is 29.5 Å². The quantitative estimate of drug-likeness (QED) is 0.875. The molecule has 0 spiro atoms. The summed E-state index contributed by atoms with van der Waals surface area (Å²) in [5.74, 6) is 0.603. The Morgan fingerprint density at radius 2 is 2.25 bits per heavy atom. The fraction of sp³-hybridized carbons (Fsp3) is 0.250. The van der Waals surface area contributed by atoms with Crippen LogP contribution in [-0.2, 0) is 6.61 Å². The van der Waals surface area contributed by atoms with E-state index in [4.69, 9.17) is 21.4 Å². The van der Waals surface area contributed by atoms with Crippen molar-refractivity contribution in [2.75, 3.05) is 7.11 Å². The van der Waals surface area contributed by atoms with Gasteiger partial charge in [-0.3, -0.25) is 0 Å². The molecule has 1 aromatic carbocycles. The maximum Gasteiger partial charge on any atom is 0.125 e. The van der Waals surface area contributed by atoms with Crippen molar-refractivity contribution in [1.29, 1.82) is 0 Å². The molecule has 0 saturated heterocycles. The van der Waals surface area contributed by atoms with Crippen molar-refractivity contribution in [3.63, 3.8) is 0 Å². The van der Waals surface area contributed by atoms with E-state index in [1.165, 1.54) is 0 Å². The Bertz CT molecular complexity index is 260. The molecule has 66 valence electrons. The molecule has 4 heteroatoms. The van der Waals surface area contributed by atoms with Crippen LogP contribution in [0.5, 0.6) is 5.75 Å². The summed E-state index contributed by atoms with van der Waals surface area (Å²) in [6.07, 6.45) is 0. The van der Waals surface area contributed by atoms with Gasteiger partial charge in [0.1, 0.15) is 5.75 Å². The molecule has 0 heterocycles. The average Bonchev–Trinajstić information content (AvgIpc) is 2.09. The van der Waals surface area contributed by atoms with Crippen LogP contribution in [0.2, 0.25) is 5.02 Å². The van der Waals surface area contributed by atoms with Gasteiger partial charge in [0.05, 0.1) is 18.7 Å². The lowest BCUT2D eigenvalue weighted by Gasteiger charge is -2.07. The predicted molar refractivity (Wildman–Crippen MR) is 51.6 cm³/mol. The maximum absolute atomic E-state index is 8.92. The van der Waals surface area contributed by atoms with Gasteiger partial charge in [-0.2, -0.15) is 0 Å². The third kappa shape index (κ3) is 1.91. The zero-order chi connectivity index (χ0) is 9.14. The van der Waals surface area contributed by atoms with E-state index in [0.717, 1.165) is 4.47 Å². The van der Waals surface area contributed by atoms with Gasteiger partial charge in [0, 0.05) is 16.1 Å². The predicted octanol–water partition coefficient (Wildman–Crippen LogP) is 2.60.